The van der Waals surface area contributed by atoms with Crippen LogP contribution in [-0.4, -0.2) is 47.0 Å². The monoisotopic (exact) mass is 375 g/mol. The molecule has 1 aromatic carbocycles. The van der Waals surface area contributed by atoms with E-state index in [-0.39, 0.29) is 11.7 Å². The number of hydrogen-bond donors (Lipinski definition) is 1. The zero-order valence-electron chi connectivity index (χ0n) is 14.2. The molecule has 8 nitrogen and oxygen atoms in total. The second kappa shape index (κ2) is 7.57. The van der Waals surface area contributed by atoms with Crippen LogP contribution in [-0.2, 0) is 0 Å². The molecule has 26 heavy (non-hydrogen) atoms. The Morgan fingerprint density at radius 1 is 1.27 bits per heavy atom. The second-order valence-electron chi connectivity index (χ2n) is 6.01. The van der Waals surface area contributed by atoms with Crippen molar-refractivity contribution in [2.75, 3.05) is 36.4 Å². The summed E-state index contributed by atoms with van der Waals surface area (Å²) >= 11 is 5.93. The van der Waals surface area contributed by atoms with Gasteiger partial charge in [-0.25, -0.2) is 9.78 Å². The van der Waals surface area contributed by atoms with Crippen LogP contribution in [0.5, 0.6) is 0 Å². The fraction of sp³-hybridized carbons (Fsp3) is 0.294. The van der Waals surface area contributed by atoms with Crippen molar-refractivity contribution in [1.29, 1.82) is 0 Å². The number of rotatable bonds is 3. The number of carbonyl (C=O) groups is 1. The van der Waals surface area contributed by atoms with Gasteiger partial charge in [-0.05, 0) is 30.7 Å². The van der Waals surface area contributed by atoms with E-state index in [1.807, 2.05) is 4.90 Å². The van der Waals surface area contributed by atoms with Gasteiger partial charge in [0, 0.05) is 43.0 Å². The quantitative estimate of drug-likeness (QED) is 0.656. The highest BCUT2D eigenvalue weighted by Gasteiger charge is 2.23. The van der Waals surface area contributed by atoms with Crippen LogP contribution in [0, 0.1) is 17.0 Å². The maximum absolute atomic E-state index is 12.4. The van der Waals surface area contributed by atoms with Crippen molar-refractivity contribution in [3.63, 3.8) is 0 Å². The lowest BCUT2D eigenvalue weighted by atomic mass is 10.2. The number of piperazine rings is 1. The minimum atomic E-state index is -0.456. The molecule has 2 amide bonds. The van der Waals surface area contributed by atoms with Crippen molar-refractivity contribution in [3.8, 4) is 0 Å². The SMILES string of the molecule is Cc1cc([N+](=O)[O-])cnc1N1CCN(C(=O)Nc2cccc(Cl)c2)CC1. The average molecular weight is 376 g/mol. The van der Waals surface area contributed by atoms with Gasteiger partial charge in [0.2, 0.25) is 0 Å². The van der Waals surface area contributed by atoms with Gasteiger partial charge in [0.25, 0.3) is 5.69 Å². The molecular formula is C17H18ClN5O3. The molecule has 1 fully saturated rings. The van der Waals surface area contributed by atoms with Crippen LogP contribution in [0.15, 0.2) is 36.5 Å². The summed E-state index contributed by atoms with van der Waals surface area (Å²) in [5.41, 5.74) is 1.37. The number of amides is 2. The Bertz CT molecular complexity index is 837. The Morgan fingerprint density at radius 2 is 2.00 bits per heavy atom. The Labute approximate surface area is 155 Å². The zero-order chi connectivity index (χ0) is 18.7. The van der Waals surface area contributed by atoms with E-state index in [4.69, 9.17) is 11.6 Å². The van der Waals surface area contributed by atoms with E-state index in [0.717, 1.165) is 5.56 Å². The van der Waals surface area contributed by atoms with Crippen LogP contribution in [0.4, 0.5) is 22.0 Å². The molecule has 1 saturated heterocycles. The van der Waals surface area contributed by atoms with Crippen molar-refractivity contribution >= 4 is 34.8 Å². The minimum Gasteiger partial charge on any atom is -0.353 e. The Hall–Kier alpha value is -2.87. The summed E-state index contributed by atoms with van der Waals surface area (Å²) in [6.07, 6.45) is 1.26. The number of anilines is 2. The number of halogens is 1. The van der Waals surface area contributed by atoms with Crippen LogP contribution in [0.2, 0.25) is 5.02 Å². The van der Waals surface area contributed by atoms with E-state index in [2.05, 4.69) is 10.3 Å². The van der Waals surface area contributed by atoms with Crippen LogP contribution in [0.3, 0.4) is 0 Å². The summed E-state index contributed by atoms with van der Waals surface area (Å²) in [6.45, 7) is 4.08. The van der Waals surface area contributed by atoms with Gasteiger partial charge in [-0.3, -0.25) is 10.1 Å². The molecule has 0 saturated carbocycles. The first kappa shape index (κ1) is 17.9. The first-order chi connectivity index (χ1) is 12.4. The number of aromatic nitrogens is 1. The molecule has 9 heteroatoms. The van der Waals surface area contributed by atoms with E-state index in [9.17, 15) is 14.9 Å². The summed E-state index contributed by atoms with van der Waals surface area (Å²) in [4.78, 5) is 30.7. The Morgan fingerprint density at radius 3 is 2.62 bits per heavy atom. The van der Waals surface area contributed by atoms with Gasteiger partial charge >= 0.3 is 6.03 Å². The van der Waals surface area contributed by atoms with Gasteiger partial charge in [0.15, 0.2) is 0 Å². The Balaban J connectivity index is 1.60. The first-order valence-corrected chi connectivity index (χ1v) is 8.49. The molecule has 0 unspecified atom stereocenters. The zero-order valence-corrected chi connectivity index (χ0v) is 14.9. The number of benzene rings is 1. The molecular weight excluding hydrogens is 358 g/mol. The number of nitrogens with one attached hydrogen (secondary N) is 1. The highest BCUT2D eigenvalue weighted by molar-refractivity contribution is 6.30. The molecule has 3 rings (SSSR count). The molecule has 0 bridgehead atoms. The molecule has 1 N–H and O–H groups in total. The number of aryl methyl sites for hydroxylation is 1. The van der Waals surface area contributed by atoms with Crippen LogP contribution in [0.25, 0.3) is 0 Å². The highest BCUT2D eigenvalue weighted by Crippen LogP contribution is 2.23. The molecule has 0 spiro atoms. The van der Waals surface area contributed by atoms with Crippen LogP contribution in [0.1, 0.15) is 5.56 Å². The number of urea groups is 1. The molecule has 136 valence electrons. The predicted octanol–water partition coefficient (Wildman–Crippen LogP) is 3.31. The standard InChI is InChI=1S/C17H18ClN5O3/c1-12-9-15(23(25)26)11-19-16(12)21-5-7-22(8-6-21)17(24)20-14-4-2-3-13(18)10-14/h2-4,9-11H,5-8H2,1H3,(H,20,24). The average Bonchev–Trinajstić information content (AvgIpc) is 2.61. The molecule has 0 atom stereocenters. The van der Waals surface area contributed by atoms with Crippen LogP contribution < -0.4 is 10.2 Å². The third-order valence-electron chi connectivity index (χ3n) is 4.19. The maximum atomic E-state index is 12.4. The van der Waals surface area contributed by atoms with Gasteiger partial charge in [-0.2, -0.15) is 0 Å². The molecule has 2 heterocycles. The largest absolute Gasteiger partial charge is 0.353 e. The van der Waals surface area contributed by atoms with Gasteiger partial charge < -0.3 is 15.1 Å². The Kier molecular flexibility index (Phi) is 5.22. The highest BCUT2D eigenvalue weighted by atomic mass is 35.5. The summed E-state index contributed by atoms with van der Waals surface area (Å²) < 4.78 is 0. The van der Waals surface area contributed by atoms with E-state index in [1.165, 1.54) is 12.3 Å². The lowest BCUT2D eigenvalue weighted by Gasteiger charge is -2.35. The molecule has 1 aliphatic heterocycles. The molecule has 1 aliphatic rings. The minimum absolute atomic E-state index is 0.0224. The van der Waals surface area contributed by atoms with Gasteiger partial charge in [-0.1, -0.05) is 17.7 Å². The number of nitro groups is 1. The summed E-state index contributed by atoms with van der Waals surface area (Å²) in [5, 5.41) is 14.2. The maximum Gasteiger partial charge on any atom is 0.321 e. The molecule has 0 aliphatic carbocycles. The summed E-state index contributed by atoms with van der Waals surface area (Å²) in [5.74, 6) is 0.713. The number of hydrogen-bond acceptors (Lipinski definition) is 5. The van der Waals surface area contributed by atoms with Crippen molar-refractivity contribution in [3.05, 3.63) is 57.2 Å². The third-order valence-corrected chi connectivity index (χ3v) is 4.42. The van der Waals surface area contributed by atoms with Gasteiger partial charge in [-0.15, -0.1) is 0 Å². The van der Waals surface area contributed by atoms with Crippen molar-refractivity contribution in [2.24, 2.45) is 0 Å². The van der Waals surface area contributed by atoms with Crippen molar-refractivity contribution < 1.29 is 9.72 Å². The smallest absolute Gasteiger partial charge is 0.321 e. The van der Waals surface area contributed by atoms with Crippen LogP contribution >= 0.6 is 11.6 Å². The normalized spacial score (nSPS) is 14.2. The van der Waals surface area contributed by atoms with E-state index in [0.29, 0.717) is 42.7 Å². The second-order valence-corrected chi connectivity index (χ2v) is 6.44. The molecule has 1 aromatic heterocycles. The number of nitrogens with zero attached hydrogens (tertiary/aromatic N) is 4. The topological polar surface area (TPSA) is 91.6 Å². The lowest BCUT2D eigenvalue weighted by molar-refractivity contribution is -0.385. The summed E-state index contributed by atoms with van der Waals surface area (Å²) in [7, 11) is 0. The number of carbonyl (C=O) groups excluding carboxylic acids is 1. The van der Waals surface area contributed by atoms with E-state index >= 15 is 0 Å². The summed E-state index contributed by atoms with van der Waals surface area (Å²) in [6, 6.07) is 8.33. The lowest BCUT2D eigenvalue weighted by Crippen LogP contribution is -2.50. The van der Waals surface area contributed by atoms with Gasteiger partial charge in [0.1, 0.15) is 12.0 Å². The first-order valence-electron chi connectivity index (χ1n) is 8.11. The third kappa shape index (κ3) is 4.02. The predicted molar refractivity (Wildman–Crippen MR) is 99.9 cm³/mol. The van der Waals surface area contributed by atoms with E-state index in [1.54, 1.807) is 36.1 Å². The molecule has 2 aromatic rings. The van der Waals surface area contributed by atoms with Gasteiger partial charge in [0.05, 0.1) is 4.92 Å². The van der Waals surface area contributed by atoms with Crippen molar-refractivity contribution in [2.45, 2.75) is 6.92 Å². The molecule has 0 radical (unpaired) electrons. The fourth-order valence-electron chi connectivity index (χ4n) is 2.87. The fourth-order valence-corrected chi connectivity index (χ4v) is 3.06. The number of pyridine rings is 1. The van der Waals surface area contributed by atoms with Crippen molar-refractivity contribution in [1.82, 2.24) is 9.88 Å². The van der Waals surface area contributed by atoms with E-state index < -0.39 is 4.92 Å².